The number of anilines is 1. The minimum atomic E-state index is -0.359. The number of nitrogens with two attached hydrogens (primary N) is 2. The van der Waals surface area contributed by atoms with Gasteiger partial charge in [0, 0.05) is 31.6 Å². The molecular formula is C16H28N4O3. The van der Waals surface area contributed by atoms with Gasteiger partial charge in [-0.05, 0) is 25.0 Å². The average molecular weight is 324 g/mol. The molecule has 0 heterocycles. The summed E-state index contributed by atoms with van der Waals surface area (Å²) in [5.41, 5.74) is 12.2. The minimum absolute atomic E-state index is 0.0132. The van der Waals surface area contributed by atoms with Crippen LogP contribution in [0, 0.1) is 0 Å². The van der Waals surface area contributed by atoms with Gasteiger partial charge < -0.3 is 16.8 Å². The Balaban J connectivity index is 0.00000108. The molecule has 7 N–H and O–H groups in total. The Hall–Kier alpha value is -1.96. The van der Waals surface area contributed by atoms with Crippen LogP contribution in [0.3, 0.4) is 0 Å². The molecule has 23 heavy (non-hydrogen) atoms. The zero-order chi connectivity index (χ0) is 17.3. The first-order valence-corrected chi connectivity index (χ1v) is 7.82. The van der Waals surface area contributed by atoms with Gasteiger partial charge in [-0.25, -0.2) is 5.48 Å². The molecule has 7 nitrogen and oxygen atoms in total. The Morgan fingerprint density at radius 2 is 1.39 bits per heavy atom. The maximum absolute atomic E-state index is 11.6. The summed E-state index contributed by atoms with van der Waals surface area (Å²) in [7, 11) is 0. The Morgan fingerprint density at radius 3 is 1.87 bits per heavy atom. The van der Waals surface area contributed by atoms with Gasteiger partial charge in [0.05, 0.1) is 0 Å². The maximum atomic E-state index is 11.6. The summed E-state index contributed by atoms with van der Waals surface area (Å²) < 4.78 is 0. The van der Waals surface area contributed by atoms with Crippen LogP contribution >= 0.6 is 0 Å². The summed E-state index contributed by atoms with van der Waals surface area (Å²) in [6, 6.07) is 9.36. The molecule has 0 saturated heterocycles. The molecule has 0 saturated carbocycles. The van der Waals surface area contributed by atoms with Crippen molar-refractivity contribution in [1.29, 1.82) is 0 Å². The van der Waals surface area contributed by atoms with Crippen LogP contribution in [0.1, 0.15) is 38.5 Å². The van der Waals surface area contributed by atoms with Crippen molar-refractivity contribution in [3.8, 4) is 0 Å². The lowest BCUT2D eigenvalue weighted by atomic mass is 10.1. The monoisotopic (exact) mass is 324 g/mol. The highest BCUT2D eigenvalue weighted by atomic mass is 16.5. The van der Waals surface area contributed by atoms with Crippen molar-refractivity contribution in [1.82, 2.24) is 5.48 Å². The number of unbranched alkanes of at least 4 members (excludes halogenated alkanes) is 3. The Kier molecular flexibility index (Phi) is 13.7. The van der Waals surface area contributed by atoms with Gasteiger partial charge in [0.25, 0.3) is 0 Å². The van der Waals surface area contributed by atoms with Crippen molar-refractivity contribution < 1.29 is 14.8 Å². The quantitative estimate of drug-likeness (QED) is 0.266. The Bertz CT molecular complexity index is 425. The molecule has 0 fully saturated rings. The molecule has 1 rings (SSSR count). The van der Waals surface area contributed by atoms with Crippen LogP contribution in [0.25, 0.3) is 0 Å². The van der Waals surface area contributed by atoms with Crippen LogP contribution in [0.15, 0.2) is 30.3 Å². The van der Waals surface area contributed by atoms with E-state index in [4.69, 9.17) is 16.7 Å². The lowest BCUT2D eigenvalue weighted by Gasteiger charge is -2.04. The van der Waals surface area contributed by atoms with Gasteiger partial charge in [-0.3, -0.25) is 14.8 Å². The van der Waals surface area contributed by atoms with Crippen LogP contribution in [0.4, 0.5) is 5.69 Å². The van der Waals surface area contributed by atoms with Crippen LogP contribution in [-0.4, -0.2) is 30.1 Å². The molecule has 0 aliphatic carbocycles. The molecule has 1 aromatic rings. The first-order chi connectivity index (χ1) is 11.1. The standard InChI is InChI=1S/C14H20N2O3.C2H8N2/c17-13(15-12-8-4-3-5-9-12)10-6-1-2-7-11-14(18)16-19;3-1-2-4/h3-5,8-9,19H,1-2,6-7,10-11H2,(H,15,17)(H,16,18);1-4H2. The number of amides is 2. The molecule has 0 radical (unpaired) electrons. The average Bonchev–Trinajstić information content (AvgIpc) is 2.58. The largest absolute Gasteiger partial charge is 0.329 e. The second-order valence-corrected chi connectivity index (χ2v) is 4.94. The highest BCUT2D eigenvalue weighted by Crippen LogP contribution is 2.09. The second kappa shape index (κ2) is 15.0. The fourth-order valence-corrected chi connectivity index (χ4v) is 1.73. The molecule has 0 atom stereocenters. The normalized spacial score (nSPS) is 9.52. The van der Waals surface area contributed by atoms with E-state index in [1.807, 2.05) is 30.3 Å². The van der Waals surface area contributed by atoms with Gasteiger partial charge in [0.1, 0.15) is 0 Å². The summed E-state index contributed by atoms with van der Waals surface area (Å²) >= 11 is 0. The van der Waals surface area contributed by atoms with E-state index in [0.29, 0.717) is 25.9 Å². The molecule has 0 aliphatic rings. The lowest BCUT2D eigenvalue weighted by Crippen LogP contribution is -2.17. The van der Waals surface area contributed by atoms with Crippen molar-refractivity contribution in [2.24, 2.45) is 11.5 Å². The van der Waals surface area contributed by atoms with Gasteiger partial charge in [0.15, 0.2) is 0 Å². The van der Waals surface area contributed by atoms with Gasteiger partial charge in [-0.15, -0.1) is 0 Å². The third-order valence-corrected chi connectivity index (χ3v) is 2.91. The predicted octanol–water partition coefficient (Wildman–Crippen LogP) is 1.37. The van der Waals surface area contributed by atoms with Gasteiger partial charge >= 0.3 is 0 Å². The van der Waals surface area contributed by atoms with E-state index in [0.717, 1.165) is 31.4 Å². The molecule has 0 spiro atoms. The fourth-order valence-electron chi connectivity index (χ4n) is 1.73. The third-order valence-electron chi connectivity index (χ3n) is 2.91. The van der Waals surface area contributed by atoms with E-state index in [1.165, 1.54) is 0 Å². The van der Waals surface area contributed by atoms with Crippen molar-refractivity contribution in [2.75, 3.05) is 18.4 Å². The van der Waals surface area contributed by atoms with E-state index in [9.17, 15) is 9.59 Å². The molecule has 130 valence electrons. The van der Waals surface area contributed by atoms with E-state index in [2.05, 4.69) is 5.32 Å². The number of benzene rings is 1. The number of nitrogens with one attached hydrogen (secondary N) is 2. The number of hydrogen-bond acceptors (Lipinski definition) is 5. The van der Waals surface area contributed by atoms with Gasteiger partial charge in [-0.2, -0.15) is 0 Å². The molecule has 0 aliphatic heterocycles. The van der Waals surface area contributed by atoms with Crippen molar-refractivity contribution in [3.63, 3.8) is 0 Å². The van der Waals surface area contributed by atoms with E-state index in [-0.39, 0.29) is 11.8 Å². The Labute approximate surface area is 137 Å². The van der Waals surface area contributed by atoms with Crippen LogP contribution < -0.4 is 22.3 Å². The van der Waals surface area contributed by atoms with Gasteiger partial charge in [-0.1, -0.05) is 31.0 Å². The van der Waals surface area contributed by atoms with E-state index in [1.54, 1.807) is 5.48 Å². The number of hydrogen-bond donors (Lipinski definition) is 5. The molecule has 0 aromatic heterocycles. The second-order valence-electron chi connectivity index (χ2n) is 4.94. The summed E-state index contributed by atoms with van der Waals surface area (Å²) in [5.74, 6) is -0.346. The molecule has 1 aromatic carbocycles. The van der Waals surface area contributed by atoms with Crippen LogP contribution in [0.2, 0.25) is 0 Å². The lowest BCUT2D eigenvalue weighted by molar-refractivity contribution is -0.129. The zero-order valence-electron chi connectivity index (χ0n) is 13.5. The molecular weight excluding hydrogens is 296 g/mol. The van der Waals surface area contributed by atoms with E-state index >= 15 is 0 Å². The fraction of sp³-hybridized carbons (Fsp3) is 0.500. The molecule has 2 amide bonds. The van der Waals surface area contributed by atoms with Gasteiger partial charge in [0.2, 0.25) is 11.8 Å². The smallest absolute Gasteiger partial charge is 0.243 e. The van der Waals surface area contributed by atoms with Crippen molar-refractivity contribution >= 4 is 17.5 Å². The predicted molar refractivity (Wildman–Crippen MR) is 90.8 cm³/mol. The Morgan fingerprint density at radius 1 is 0.870 bits per heavy atom. The van der Waals surface area contributed by atoms with Crippen molar-refractivity contribution in [2.45, 2.75) is 38.5 Å². The number of carbonyl (C=O) groups is 2. The first kappa shape index (κ1) is 21.0. The number of rotatable bonds is 9. The summed E-state index contributed by atoms with van der Waals surface area (Å²) in [6.07, 6.45) is 4.13. The third kappa shape index (κ3) is 13.4. The summed E-state index contributed by atoms with van der Waals surface area (Å²) in [6.45, 7) is 1.19. The first-order valence-electron chi connectivity index (χ1n) is 7.82. The minimum Gasteiger partial charge on any atom is -0.329 e. The zero-order valence-corrected chi connectivity index (χ0v) is 13.5. The highest BCUT2D eigenvalue weighted by Gasteiger charge is 2.02. The number of hydroxylamine groups is 1. The van der Waals surface area contributed by atoms with Crippen LogP contribution in [0.5, 0.6) is 0 Å². The summed E-state index contributed by atoms with van der Waals surface area (Å²) in [5, 5.41) is 11.1. The number of para-hydroxylation sites is 1. The maximum Gasteiger partial charge on any atom is 0.243 e. The summed E-state index contributed by atoms with van der Waals surface area (Å²) in [4.78, 5) is 22.3. The van der Waals surface area contributed by atoms with Crippen molar-refractivity contribution in [3.05, 3.63) is 30.3 Å². The molecule has 7 heteroatoms. The number of carbonyl (C=O) groups excluding carboxylic acids is 2. The van der Waals surface area contributed by atoms with E-state index < -0.39 is 0 Å². The molecule has 0 unspecified atom stereocenters. The highest BCUT2D eigenvalue weighted by molar-refractivity contribution is 5.90. The topological polar surface area (TPSA) is 130 Å². The SMILES string of the molecule is NCCN.O=C(CCCCCCC(=O)Nc1ccccc1)NO. The van der Waals surface area contributed by atoms with Crippen LogP contribution in [-0.2, 0) is 9.59 Å². The molecule has 0 bridgehead atoms.